The van der Waals surface area contributed by atoms with Crippen LogP contribution in [0.5, 0.6) is 5.75 Å². The topological polar surface area (TPSA) is 157 Å². The number of hydrogen-bond donors (Lipinski definition) is 4. The first-order chi connectivity index (χ1) is 25.0. The molecule has 0 saturated heterocycles. The summed E-state index contributed by atoms with van der Waals surface area (Å²) >= 11 is 0. The highest BCUT2D eigenvalue weighted by atomic mass is 16.6. The second-order valence-corrected chi connectivity index (χ2v) is 13.0. The summed E-state index contributed by atoms with van der Waals surface area (Å²) in [5.41, 5.74) is 3.20. The van der Waals surface area contributed by atoms with Gasteiger partial charge in [0.25, 0.3) is 0 Å². The Balaban J connectivity index is 1.35. The number of ether oxygens (including phenoxy) is 3. The van der Waals surface area contributed by atoms with Gasteiger partial charge in [0.2, 0.25) is 11.8 Å². The minimum Gasteiger partial charge on any atom is -0.494 e. The molecule has 0 radical (unpaired) electrons. The van der Waals surface area contributed by atoms with E-state index in [-0.39, 0.29) is 44.6 Å². The first-order valence-corrected chi connectivity index (χ1v) is 17.2. The van der Waals surface area contributed by atoms with Gasteiger partial charge in [0, 0.05) is 38.6 Å². The molecule has 0 unspecified atom stereocenters. The lowest BCUT2D eigenvalue weighted by Crippen LogP contribution is -2.42. The maximum Gasteiger partial charge on any atom is 0.407 e. The van der Waals surface area contributed by atoms with Crippen LogP contribution in [0.4, 0.5) is 9.59 Å². The van der Waals surface area contributed by atoms with Crippen LogP contribution in [0.25, 0.3) is 0 Å². The average Bonchev–Trinajstić information content (AvgIpc) is 3.13. The molecule has 1 aromatic heterocycles. The quantitative estimate of drug-likeness (QED) is 0.115. The van der Waals surface area contributed by atoms with Crippen LogP contribution >= 0.6 is 0 Å². The van der Waals surface area contributed by atoms with Crippen molar-refractivity contribution in [2.24, 2.45) is 0 Å². The molecule has 4 rings (SSSR count). The number of benzene rings is 3. The molecule has 2 atom stereocenters. The second-order valence-electron chi connectivity index (χ2n) is 13.0. The number of rotatable bonds is 16. The van der Waals surface area contributed by atoms with E-state index in [2.05, 4.69) is 26.3 Å². The van der Waals surface area contributed by atoms with Crippen LogP contribution in [0, 0.1) is 0 Å². The Kier molecular flexibility index (Phi) is 14.6. The minimum atomic E-state index is -0.778. The predicted octanol–water partition coefficient (Wildman–Crippen LogP) is 5.73. The van der Waals surface area contributed by atoms with E-state index in [1.807, 2.05) is 61.5 Å². The smallest absolute Gasteiger partial charge is 0.407 e. The number of carbonyl (C=O) groups is 4. The lowest BCUT2D eigenvalue weighted by atomic mass is 9.96. The van der Waals surface area contributed by atoms with Crippen LogP contribution < -0.4 is 26.0 Å². The number of amides is 4. The number of hydrogen-bond acceptors (Lipinski definition) is 8. The standard InChI is InChI=1S/C40H47N5O7/c1-5-50-33-19-17-31(18-20-33)34(26-45-39(49)52-40(2,3)4)36(46)43-25-35(32-12-9-21-41-24-32)37(47)42-22-28-13-15-29(16-14-28)23-44-38(48)51-27-30-10-7-6-8-11-30/h6-21,24,34-35H,5,22-23,25-27H2,1-4H3,(H,42,47)(H,43,46)(H,44,48)(H,45,49)/t34-,35+/m1/s1. The summed E-state index contributed by atoms with van der Waals surface area (Å²) < 4.78 is 16.2. The molecule has 0 aliphatic heterocycles. The van der Waals surface area contributed by atoms with Gasteiger partial charge >= 0.3 is 12.2 Å². The van der Waals surface area contributed by atoms with Crippen LogP contribution in [0.2, 0.25) is 0 Å². The Bertz CT molecular complexity index is 1730. The van der Waals surface area contributed by atoms with Gasteiger partial charge in [-0.25, -0.2) is 9.59 Å². The highest BCUT2D eigenvalue weighted by Crippen LogP contribution is 2.21. The molecule has 0 spiro atoms. The fraction of sp³-hybridized carbons (Fsp3) is 0.325. The van der Waals surface area contributed by atoms with Gasteiger partial charge in [0.15, 0.2) is 0 Å². The van der Waals surface area contributed by atoms with E-state index < -0.39 is 29.6 Å². The highest BCUT2D eigenvalue weighted by Gasteiger charge is 2.27. The van der Waals surface area contributed by atoms with Crippen molar-refractivity contribution in [2.45, 2.75) is 64.8 Å². The van der Waals surface area contributed by atoms with E-state index in [0.29, 0.717) is 23.5 Å². The average molecular weight is 710 g/mol. The number of alkyl carbamates (subject to hydrolysis) is 2. The van der Waals surface area contributed by atoms with E-state index >= 15 is 0 Å². The third kappa shape index (κ3) is 13.1. The van der Waals surface area contributed by atoms with Gasteiger partial charge in [-0.05, 0) is 73.7 Å². The molecule has 0 saturated carbocycles. The molecule has 1 heterocycles. The third-order valence-electron chi connectivity index (χ3n) is 7.78. The maximum absolute atomic E-state index is 13.7. The fourth-order valence-electron chi connectivity index (χ4n) is 5.13. The first kappa shape index (κ1) is 38.9. The fourth-order valence-corrected chi connectivity index (χ4v) is 5.13. The lowest BCUT2D eigenvalue weighted by Gasteiger charge is -2.23. The number of carbonyl (C=O) groups excluding carboxylic acids is 4. The SMILES string of the molecule is CCOc1ccc([C@@H](CNC(=O)OC(C)(C)C)C(=O)NC[C@H](C(=O)NCc2ccc(CNC(=O)OCc3ccccc3)cc2)c2cccnc2)cc1. The van der Waals surface area contributed by atoms with Gasteiger partial charge in [-0.1, -0.05) is 72.8 Å². The largest absolute Gasteiger partial charge is 0.494 e. The molecular formula is C40H47N5O7. The molecular weight excluding hydrogens is 662 g/mol. The van der Waals surface area contributed by atoms with Gasteiger partial charge in [-0.15, -0.1) is 0 Å². The second kappa shape index (κ2) is 19.5. The molecule has 0 aliphatic carbocycles. The Morgan fingerprint density at radius 3 is 1.88 bits per heavy atom. The molecule has 12 nitrogen and oxygen atoms in total. The third-order valence-corrected chi connectivity index (χ3v) is 7.78. The number of aromatic nitrogens is 1. The first-order valence-electron chi connectivity index (χ1n) is 17.2. The maximum atomic E-state index is 13.7. The Labute approximate surface area is 304 Å². The molecule has 4 aromatic rings. The van der Waals surface area contributed by atoms with Gasteiger partial charge < -0.3 is 35.5 Å². The van der Waals surface area contributed by atoms with Gasteiger partial charge in [-0.2, -0.15) is 0 Å². The van der Waals surface area contributed by atoms with Crippen molar-refractivity contribution in [1.29, 1.82) is 0 Å². The molecule has 0 bridgehead atoms. The summed E-state index contributed by atoms with van der Waals surface area (Å²) in [7, 11) is 0. The Morgan fingerprint density at radius 2 is 1.27 bits per heavy atom. The summed E-state index contributed by atoms with van der Waals surface area (Å²) in [6.45, 7) is 8.33. The van der Waals surface area contributed by atoms with Crippen molar-refractivity contribution < 1.29 is 33.4 Å². The molecule has 52 heavy (non-hydrogen) atoms. The predicted molar refractivity (Wildman–Crippen MR) is 196 cm³/mol. The van der Waals surface area contributed by atoms with Gasteiger partial charge in [0.1, 0.15) is 18.0 Å². The zero-order valence-electron chi connectivity index (χ0n) is 30.0. The summed E-state index contributed by atoms with van der Waals surface area (Å²) in [6, 6.07) is 27.5. The van der Waals surface area contributed by atoms with Gasteiger partial charge in [0.05, 0.1) is 18.4 Å². The molecule has 12 heteroatoms. The molecule has 274 valence electrons. The number of nitrogens with zero attached hydrogens (tertiary/aromatic N) is 1. The minimum absolute atomic E-state index is 0.0126. The van der Waals surface area contributed by atoms with E-state index in [9.17, 15) is 19.2 Å². The summed E-state index contributed by atoms with van der Waals surface area (Å²) in [5, 5.41) is 11.3. The van der Waals surface area contributed by atoms with E-state index in [4.69, 9.17) is 14.2 Å². The van der Waals surface area contributed by atoms with Crippen LogP contribution in [0.15, 0.2) is 103 Å². The lowest BCUT2D eigenvalue weighted by molar-refractivity contribution is -0.124. The monoisotopic (exact) mass is 709 g/mol. The normalized spacial score (nSPS) is 12.1. The van der Waals surface area contributed by atoms with Crippen molar-refractivity contribution in [3.8, 4) is 5.75 Å². The molecule has 4 amide bonds. The zero-order chi connectivity index (χ0) is 37.3. The van der Waals surface area contributed by atoms with Crippen molar-refractivity contribution in [2.75, 3.05) is 19.7 Å². The van der Waals surface area contributed by atoms with E-state index in [0.717, 1.165) is 16.7 Å². The van der Waals surface area contributed by atoms with Crippen molar-refractivity contribution in [3.05, 3.63) is 131 Å². The number of nitrogens with one attached hydrogen (secondary N) is 4. The highest BCUT2D eigenvalue weighted by molar-refractivity contribution is 5.87. The Hall–Kier alpha value is -5.91. The van der Waals surface area contributed by atoms with Crippen LogP contribution in [-0.2, 0) is 38.8 Å². The van der Waals surface area contributed by atoms with Gasteiger partial charge in [-0.3, -0.25) is 14.6 Å². The molecule has 4 N–H and O–H groups in total. The number of pyridine rings is 1. The summed E-state index contributed by atoms with van der Waals surface area (Å²) in [6.07, 6.45) is 2.05. The van der Waals surface area contributed by atoms with Crippen molar-refractivity contribution in [1.82, 2.24) is 26.3 Å². The van der Waals surface area contributed by atoms with E-state index in [1.165, 1.54) is 0 Å². The summed E-state index contributed by atoms with van der Waals surface area (Å²) in [4.78, 5) is 56.1. The van der Waals surface area contributed by atoms with Crippen molar-refractivity contribution >= 4 is 24.0 Å². The van der Waals surface area contributed by atoms with Crippen LogP contribution in [0.3, 0.4) is 0 Å². The molecule has 0 fully saturated rings. The van der Waals surface area contributed by atoms with E-state index in [1.54, 1.807) is 69.6 Å². The molecule has 0 aliphatic rings. The molecule has 3 aromatic carbocycles. The summed E-state index contributed by atoms with van der Waals surface area (Å²) in [5.74, 6) is -1.55. The zero-order valence-corrected chi connectivity index (χ0v) is 30.0. The van der Waals surface area contributed by atoms with Crippen LogP contribution in [0.1, 0.15) is 67.3 Å². The Morgan fingerprint density at radius 1 is 0.654 bits per heavy atom. The van der Waals surface area contributed by atoms with Crippen LogP contribution in [-0.4, -0.2) is 54.3 Å². The van der Waals surface area contributed by atoms with Crippen molar-refractivity contribution in [3.63, 3.8) is 0 Å².